The molecule has 1 aromatic carbocycles. The Morgan fingerprint density at radius 2 is 1.96 bits per heavy atom. The first-order valence-corrected chi connectivity index (χ1v) is 8.63. The van der Waals surface area contributed by atoms with Gasteiger partial charge in [0.05, 0.1) is 6.54 Å². The number of likely N-dealkylation sites (tertiary alicyclic amines) is 1. The van der Waals surface area contributed by atoms with Crippen LogP contribution in [-0.4, -0.2) is 45.6 Å². The van der Waals surface area contributed by atoms with Crippen LogP contribution >= 0.6 is 0 Å². The van der Waals surface area contributed by atoms with E-state index in [1.165, 1.54) is 29.2 Å². The van der Waals surface area contributed by atoms with Gasteiger partial charge in [-0.1, -0.05) is 5.16 Å². The maximum atomic E-state index is 15.3. The highest BCUT2D eigenvalue weighted by Gasteiger charge is 2.45. The molecule has 1 aliphatic heterocycles. The van der Waals surface area contributed by atoms with Crippen LogP contribution in [0.5, 0.6) is 5.75 Å². The lowest BCUT2D eigenvalue weighted by molar-refractivity contribution is -0.132. The molecule has 0 saturated carbocycles. The molecular formula is C19H16F2N4O3. The number of benzene rings is 1. The Morgan fingerprint density at radius 3 is 2.71 bits per heavy atom. The van der Waals surface area contributed by atoms with Crippen LogP contribution in [0.25, 0.3) is 11.5 Å². The third kappa shape index (κ3) is 3.68. The Labute approximate surface area is 159 Å². The highest BCUT2D eigenvalue weighted by Crippen LogP contribution is 2.35. The lowest BCUT2D eigenvalue weighted by atomic mass is 10.1. The number of alkyl halides is 1. The van der Waals surface area contributed by atoms with Crippen LogP contribution in [0.15, 0.2) is 53.3 Å². The molecule has 2 aromatic heterocycles. The number of ether oxygens (including phenoxy) is 1. The Balaban J connectivity index is 1.39. The first-order chi connectivity index (χ1) is 13.5. The van der Waals surface area contributed by atoms with E-state index in [0.717, 1.165) is 0 Å². The molecule has 7 nitrogen and oxygen atoms in total. The first-order valence-electron chi connectivity index (χ1n) is 8.63. The largest absolute Gasteiger partial charge is 0.484 e. The quantitative estimate of drug-likeness (QED) is 0.671. The molecule has 0 bridgehead atoms. The van der Waals surface area contributed by atoms with Gasteiger partial charge >= 0.3 is 0 Å². The van der Waals surface area contributed by atoms with Crippen LogP contribution < -0.4 is 4.74 Å². The number of aromatic nitrogens is 3. The summed E-state index contributed by atoms with van der Waals surface area (Å²) in [4.78, 5) is 21.7. The van der Waals surface area contributed by atoms with E-state index in [4.69, 9.17) is 9.26 Å². The van der Waals surface area contributed by atoms with Crippen molar-refractivity contribution in [3.8, 4) is 17.2 Å². The summed E-state index contributed by atoms with van der Waals surface area (Å²) in [5, 5.41) is 3.76. The van der Waals surface area contributed by atoms with Gasteiger partial charge in [0.25, 0.3) is 11.8 Å². The highest BCUT2D eigenvalue weighted by atomic mass is 19.1. The summed E-state index contributed by atoms with van der Waals surface area (Å²) >= 11 is 0. The molecule has 1 amide bonds. The highest BCUT2D eigenvalue weighted by molar-refractivity contribution is 5.78. The van der Waals surface area contributed by atoms with Crippen molar-refractivity contribution in [2.45, 2.75) is 12.1 Å². The number of nitrogens with zero attached hydrogens (tertiary/aromatic N) is 4. The molecule has 0 spiro atoms. The van der Waals surface area contributed by atoms with Crippen molar-refractivity contribution in [1.82, 2.24) is 20.0 Å². The molecule has 28 heavy (non-hydrogen) atoms. The third-order valence-corrected chi connectivity index (χ3v) is 4.50. The van der Waals surface area contributed by atoms with E-state index < -0.39 is 11.5 Å². The van der Waals surface area contributed by atoms with Gasteiger partial charge in [-0.05, 0) is 36.4 Å². The molecule has 4 rings (SSSR count). The van der Waals surface area contributed by atoms with Crippen LogP contribution in [0, 0.1) is 5.82 Å². The normalized spacial score (nSPS) is 19.0. The second-order valence-corrected chi connectivity index (χ2v) is 6.43. The topological polar surface area (TPSA) is 81.4 Å². The summed E-state index contributed by atoms with van der Waals surface area (Å²) in [6.07, 6.45) is 3.20. The number of amides is 1. The van der Waals surface area contributed by atoms with Crippen molar-refractivity contribution < 1.29 is 22.8 Å². The number of carbonyl (C=O) groups excluding carboxylic acids is 1. The number of rotatable bonds is 5. The Bertz CT molecular complexity index is 965. The van der Waals surface area contributed by atoms with Gasteiger partial charge in [0.1, 0.15) is 11.6 Å². The van der Waals surface area contributed by atoms with Crippen molar-refractivity contribution in [2.24, 2.45) is 0 Å². The monoisotopic (exact) mass is 386 g/mol. The second kappa shape index (κ2) is 7.34. The predicted octanol–water partition coefficient (Wildman–Crippen LogP) is 2.75. The van der Waals surface area contributed by atoms with E-state index >= 15 is 4.39 Å². The van der Waals surface area contributed by atoms with Crippen LogP contribution in [0.4, 0.5) is 8.78 Å². The fourth-order valence-electron chi connectivity index (χ4n) is 2.95. The Kier molecular flexibility index (Phi) is 4.72. The average molecular weight is 386 g/mol. The van der Waals surface area contributed by atoms with Gasteiger partial charge in [0.15, 0.2) is 12.3 Å². The van der Waals surface area contributed by atoms with Gasteiger partial charge in [-0.2, -0.15) is 4.98 Å². The second-order valence-electron chi connectivity index (χ2n) is 6.43. The van der Waals surface area contributed by atoms with Crippen molar-refractivity contribution in [3.05, 3.63) is 60.4 Å². The molecule has 1 unspecified atom stereocenters. The van der Waals surface area contributed by atoms with Gasteiger partial charge < -0.3 is 14.2 Å². The molecule has 3 heterocycles. The van der Waals surface area contributed by atoms with E-state index in [-0.39, 0.29) is 43.7 Å². The molecule has 1 fully saturated rings. The minimum absolute atomic E-state index is 0.0601. The summed E-state index contributed by atoms with van der Waals surface area (Å²) < 4.78 is 38.7. The Morgan fingerprint density at radius 1 is 1.21 bits per heavy atom. The van der Waals surface area contributed by atoms with Crippen molar-refractivity contribution in [2.75, 3.05) is 19.7 Å². The number of carbonyl (C=O) groups is 1. The van der Waals surface area contributed by atoms with Crippen LogP contribution in [-0.2, 0) is 10.5 Å². The van der Waals surface area contributed by atoms with Gasteiger partial charge in [-0.15, -0.1) is 0 Å². The maximum Gasteiger partial charge on any atom is 0.260 e. The average Bonchev–Trinajstić information content (AvgIpc) is 3.36. The number of hydrogen-bond donors (Lipinski definition) is 0. The first kappa shape index (κ1) is 18.0. The summed E-state index contributed by atoms with van der Waals surface area (Å²) in [6, 6.07) is 8.68. The molecule has 0 N–H and O–H groups in total. The predicted molar refractivity (Wildman–Crippen MR) is 93.4 cm³/mol. The zero-order valence-corrected chi connectivity index (χ0v) is 14.7. The Hall–Kier alpha value is -3.36. The zero-order chi connectivity index (χ0) is 19.6. The van der Waals surface area contributed by atoms with E-state index in [1.54, 1.807) is 24.5 Å². The van der Waals surface area contributed by atoms with E-state index in [1.807, 2.05) is 0 Å². The van der Waals surface area contributed by atoms with E-state index in [0.29, 0.717) is 11.3 Å². The number of hydrogen-bond acceptors (Lipinski definition) is 6. The van der Waals surface area contributed by atoms with Gasteiger partial charge in [-0.3, -0.25) is 9.78 Å². The van der Waals surface area contributed by atoms with Gasteiger partial charge in [0.2, 0.25) is 5.82 Å². The number of pyridine rings is 1. The lowest BCUT2D eigenvalue weighted by Crippen LogP contribution is -2.35. The number of halogens is 2. The molecular weight excluding hydrogens is 370 g/mol. The SMILES string of the molecule is O=C(COc1ccc(F)cc1)N1CCC(F)(c2noc(-c3ccncc3)n2)C1. The van der Waals surface area contributed by atoms with Crippen molar-refractivity contribution in [1.29, 1.82) is 0 Å². The minimum atomic E-state index is -1.89. The van der Waals surface area contributed by atoms with E-state index in [9.17, 15) is 9.18 Å². The summed E-state index contributed by atoms with van der Waals surface area (Å²) in [6.45, 7) is -0.245. The summed E-state index contributed by atoms with van der Waals surface area (Å²) in [5.41, 5.74) is -1.25. The van der Waals surface area contributed by atoms with Crippen molar-refractivity contribution in [3.63, 3.8) is 0 Å². The molecule has 3 aromatic rings. The minimum Gasteiger partial charge on any atom is -0.484 e. The smallest absolute Gasteiger partial charge is 0.260 e. The third-order valence-electron chi connectivity index (χ3n) is 4.50. The fourth-order valence-corrected chi connectivity index (χ4v) is 2.95. The summed E-state index contributed by atoms with van der Waals surface area (Å²) in [5.74, 6) is -0.304. The summed E-state index contributed by atoms with van der Waals surface area (Å²) in [7, 11) is 0. The zero-order valence-electron chi connectivity index (χ0n) is 14.7. The molecule has 144 valence electrons. The molecule has 9 heteroatoms. The van der Waals surface area contributed by atoms with Crippen LogP contribution in [0.1, 0.15) is 12.2 Å². The van der Waals surface area contributed by atoms with E-state index in [2.05, 4.69) is 15.1 Å². The van der Waals surface area contributed by atoms with Crippen LogP contribution in [0.2, 0.25) is 0 Å². The van der Waals surface area contributed by atoms with Crippen molar-refractivity contribution >= 4 is 5.91 Å². The van der Waals surface area contributed by atoms with Gasteiger partial charge in [0, 0.05) is 30.9 Å². The van der Waals surface area contributed by atoms with Crippen LogP contribution in [0.3, 0.4) is 0 Å². The molecule has 1 saturated heterocycles. The molecule has 1 aliphatic rings. The van der Waals surface area contributed by atoms with Gasteiger partial charge in [-0.25, -0.2) is 8.78 Å². The standard InChI is InChI=1S/C19H16F2N4O3/c20-14-1-3-15(4-2-14)27-11-16(26)25-10-7-19(21,12-25)18-23-17(28-24-18)13-5-8-22-9-6-13/h1-6,8-9H,7,10-12H2. The molecule has 1 atom stereocenters. The molecule has 0 radical (unpaired) electrons. The fraction of sp³-hybridized carbons (Fsp3) is 0.263. The molecule has 0 aliphatic carbocycles. The maximum absolute atomic E-state index is 15.3. The lowest BCUT2D eigenvalue weighted by Gasteiger charge is -2.18.